The van der Waals surface area contributed by atoms with E-state index in [1.165, 1.54) is 19.2 Å². The number of nitrogens with one attached hydrogen (secondary N) is 1. The molecule has 2 aromatic carbocycles. The van der Waals surface area contributed by atoms with Crippen LogP contribution in [0.1, 0.15) is 10.4 Å². The normalized spacial score (nSPS) is 10.2. The number of halogens is 2. The highest BCUT2D eigenvalue weighted by Gasteiger charge is 2.11. The van der Waals surface area contributed by atoms with Crippen molar-refractivity contribution in [2.75, 3.05) is 18.2 Å². The number of rotatable bonds is 3. The number of ether oxygens (including phenoxy) is 1. The van der Waals surface area contributed by atoms with Crippen LogP contribution in [-0.4, -0.2) is 13.0 Å². The second-order valence-electron chi connectivity index (χ2n) is 4.04. The third-order valence-electron chi connectivity index (χ3n) is 2.68. The summed E-state index contributed by atoms with van der Waals surface area (Å²) < 4.78 is 18.9. The van der Waals surface area contributed by atoms with E-state index in [4.69, 9.17) is 10.5 Å². The van der Waals surface area contributed by atoms with Gasteiger partial charge in [0.05, 0.1) is 18.5 Å². The van der Waals surface area contributed by atoms with Gasteiger partial charge in [-0.3, -0.25) is 4.79 Å². The monoisotopic (exact) mass is 338 g/mol. The number of benzene rings is 2. The van der Waals surface area contributed by atoms with E-state index in [1.807, 2.05) is 0 Å². The lowest BCUT2D eigenvalue weighted by Crippen LogP contribution is -2.13. The number of amides is 1. The van der Waals surface area contributed by atoms with Crippen LogP contribution in [0.25, 0.3) is 0 Å². The molecule has 0 bridgehead atoms. The van der Waals surface area contributed by atoms with Crippen molar-refractivity contribution in [3.05, 3.63) is 52.3 Å². The van der Waals surface area contributed by atoms with Crippen LogP contribution in [0.4, 0.5) is 15.8 Å². The molecule has 0 saturated heterocycles. The summed E-state index contributed by atoms with van der Waals surface area (Å²) in [5.41, 5.74) is 6.21. The van der Waals surface area contributed by atoms with Crippen molar-refractivity contribution in [2.24, 2.45) is 0 Å². The lowest BCUT2D eigenvalue weighted by atomic mass is 10.1. The maximum absolute atomic E-state index is 13.1. The molecule has 0 aliphatic rings. The fraction of sp³-hybridized carbons (Fsp3) is 0.0714. The average molecular weight is 339 g/mol. The highest BCUT2D eigenvalue weighted by Crippen LogP contribution is 2.27. The van der Waals surface area contributed by atoms with Gasteiger partial charge in [0.15, 0.2) is 0 Å². The molecular weight excluding hydrogens is 327 g/mol. The van der Waals surface area contributed by atoms with E-state index < -0.39 is 5.82 Å². The summed E-state index contributed by atoms with van der Waals surface area (Å²) in [5, 5.41) is 2.70. The largest absolute Gasteiger partial charge is 0.497 e. The van der Waals surface area contributed by atoms with E-state index in [0.29, 0.717) is 15.9 Å². The van der Waals surface area contributed by atoms with Crippen LogP contribution in [0.15, 0.2) is 40.9 Å². The summed E-state index contributed by atoms with van der Waals surface area (Å²) in [4.78, 5) is 12.1. The van der Waals surface area contributed by atoms with Gasteiger partial charge in [-0.1, -0.05) is 0 Å². The molecule has 6 heteroatoms. The lowest BCUT2D eigenvalue weighted by molar-refractivity contribution is 0.102. The summed E-state index contributed by atoms with van der Waals surface area (Å²) in [7, 11) is 1.54. The van der Waals surface area contributed by atoms with E-state index >= 15 is 0 Å². The topological polar surface area (TPSA) is 64.3 Å². The highest BCUT2D eigenvalue weighted by molar-refractivity contribution is 9.10. The van der Waals surface area contributed by atoms with Gasteiger partial charge in [0.1, 0.15) is 11.6 Å². The van der Waals surface area contributed by atoms with Crippen LogP contribution >= 0.6 is 15.9 Å². The second-order valence-corrected chi connectivity index (χ2v) is 4.89. The third kappa shape index (κ3) is 3.08. The number of carbonyl (C=O) groups excluding carboxylic acids is 1. The molecule has 0 heterocycles. The van der Waals surface area contributed by atoms with Crippen LogP contribution in [0.2, 0.25) is 0 Å². The van der Waals surface area contributed by atoms with Gasteiger partial charge in [0, 0.05) is 16.1 Å². The minimum Gasteiger partial charge on any atom is -0.497 e. The first-order chi connectivity index (χ1) is 9.51. The van der Waals surface area contributed by atoms with Gasteiger partial charge < -0.3 is 15.8 Å². The molecule has 0 aliphatic carbocycles. The Morgan fingerprint density at radius 2 is 2.05 bits per heavy atom. The molecule has 104 valence electrons. The van der Waals surface area contributed by atoms with Gasteiger partial charge in [-0.15, -0.1) is 0 Å². The minimum absolute atomic E-state index is 0.0673. The van der Waals surface area contributed by atoms with Crippen molar-refractivity contribution in [1.82, 2.24) is 0 Å². The molecule has 0 radical (unpaired) electrons. The quantitative estimate of drug-likeness (QED) is 0.842. The zero-order valence-corrected chi connectivity index (χ0v) is 12.2. The number of carbonyl (C=O) groups is 1. The van der Waals surface area contributed by atoms with Gasteiger partial charge in [-0.25, -0.2) is 4.39 Å². The minimum atomic E-state index is -0.552. The number of nitrogens with two attached hydrogens (primary N) is 1. The van der Waals surface area contributed by atoms with Gasteiger partial charge in [-0.2, -0.15) is 0 Å². The lowest BCUT2D eigenvalue weighted by Gasteiger charge is -2.10. The summed E-state index contributed by atoms with van der Waals surface area (Å²) in [6, 6.07) is 9.01. The molecular formula is C14H12BrFN2O2. The first kappa shape index (κ1) is 14.3. The predicted molar refractivity (Wildman–Crippen MR) is 79.5 cm³/mol. The molecule has 0 atom stereocenters. The third-order valence-corrected chi connectivity index (χ3v) is 3.37. The zero-order chi connectivity index (χ0) is 14.7. The van der Waals surface area contributed by atoms with E-state index in [1.54, 1.807) is 18.2 Å². The van der Waals surface area contributed by atoms with Crippen molar-refractivity contribution < 1.29 is 13.9 Å². The Labute approximate surface area is 123 Å². The molecule has 2 rings (SSSR count). The Morgan fingerprint density at radius 1 is 1.30 bits per heavy atom. The van der Waals surface area contributed by atoms with Gasteiger partial charge in [0.2, 0.25) is 0 Å². The molecule has 4 nitrogen and oxygen atoms in total. The molecule has 0 spiro atoms. The maximum atomic E-state index is 13.1. The standard InChI is InChI=1S/C14H12BrFN2O2/c1-20-9-3-4-10(15)13(7-9)18-14(19)8-2-5-11(16)12(17)6-8/h2-7H,17H2,1H3,(H,18,19). The van der Waals surface area contributed by atoms with Crippen LogP contribution in [-0.2, 0) is 0 Å². The molecule has 0 saturated carbocycles. The summed E-state index contributed by atoms with van der Waals surface area (Å²) in [6.45, 7) is 0. The first-order valence-corrected chi connectivity index (χ1v) is 6.50. The average Bonchev–Trinajstić information content (AvgIpc) is 2.44. The Balaban J connectivity index is 2.25. The van der Waals surface area contributed by atoms with Crippen molar-refractivity contribution in [2.45, 2.75) is 0 Å². The van der Waals surface area contributed by atoms with Gasteiger partial charge >= 0.3 is 0 Å². The number of anilines is 2. The van der Waals surface area contributed by atoms with Crippen molar-refractivity contribution in [3.8, 4) is 5.75 Å². The molecule has 20 heavy (non-hydrogen) atoms. The van der Waals surface area contributed by atoms with Crippen molar-refractivity contribution >= 4 is 33.2 Å². The fourth-order valence-corrected chi connectivity index (χ4v) is 1.95. The Hall–Kier alpha value is -2.08. The fourth-order valence-electron chi connectivity index (χ4n) is 1.61. The van der Waals surface area contributed by atoms with Gasteiger partial charge in [-0.05, 0) is 46.3 Å². The smallest absolute Gasteiger partial charge is 0.255 e. The second kappa shape index (κ2) is 5.92. The van der Waals surface area contributed by atoms with Crippen LogP contribution in [0.3, 0.4) is 0 Å². The zero-order valence-electron chi connectivity index (χ0n) is 10.6. The SMILES string of the molecule is COc1ccc(Br)c(NC(=O)c2ccc(F)c(N)c2)c1. The van der Waals surface area contributed by atoms with Gasteiger partial charge in [0.25, 0.3) is 5.91 Å². The van der Waals surface area contributed by atoms with Crippen molar-refractivity contribution in [1.29, 1.82) is 0 Å². The van der Waals surface area contributed by atoms with Crippen molar-refractivity contribution in [3.63, 3.8) is 0 Å². The van der Waals surface area contributed by atoms with E-state index in [-0.39, 0.29) is 17.2 Å². The number of hydrogen-bond acceptors (Lipinski definition) is 3. The number of nitrogen functional groups attached to an aromatic ring is 1. The molecule has 1 amide bonds. The molecule has 0 fully saturated rings. The molecule has 3 N–H and O–H groups in total. The summed E-state index contributed by atoms with van der Waals surface area (Å²) in [6.07, 6.45) is 0. The molecule has 0 unspecified atom stereocenters. The Morgan fingerprint density at radius 3 is 2.70 bits per heavy atom. The van der Waals surface area contributed by atoms with Crippen LogP contribution in [0, 0.1) is 5.82 Å². The molecule has 0 aromatic heterocycles. The Kier molecular flexibility index (Phi) is 4.24. The summed E-state index contributed by atoms with van der Waals surface area (Å²) >= 11 is 3.33. The highest BCUT2D eigenvalue weighted by atomic mass is 79.9. The van der Waals surface area contributed by atoms with E-state index in [2.05, 4.69) is 21.2 Å². The maximum Gasteiger partial charge on any atom is 0.255 e. The van der Waals surface area contributed by atoms with E-state index in [9.17, 15) is 9.18 Å². The number of hydrogen-bond donors (Lipinski definition) is 2. The first-order valence-electron chi connectivity index (χ1n) is 5.71. The number of methoxy groups -OCH3 is 1. The Bertz CT molecular complexity index is 662. The predicted octanol–water partition coefficient (Wildman–Crippen LogP) is 3.43. The van der Waals surface area contributed by atoms with E-state index in [0.717, 1.165) is 6.07 Å². The molecule has 2 aromatic rings. The molecule has 0 aliphatic heterocycles. The van der Waals surface area contributed by atoms with Crippen LogP contribution in [0.5, 0.6) is 5.75 Å². The van der Waals surface area contributed by atoms with Crippen LogP contribution < -0.4 is 15.8 Å². The summed E-state index contributed by atoms with van der Waals surface area (Å²) in [5.74, 6) is -0.322.